The molecule has 0 aromatic heterocycles. The molecule has 2 unspecified atom stereocenters. The Morgan fingerprint density at radius 3 is 2.46 bits per heavy atom. The third-order valence-corrected chi connectivity index (χ3v) is 4.50. The number of halogens is 1. The lowest BCUT2D eigenvalue weighted by Gasteiger charge is -2.35. The summed E-state index contributed by atoms with van der Waals surface area (Å²) in [6, 6.07) is 8.59. The molecule has 0 aliphatic carbocycles. The highest BCUT2D eigenvalue weighted by atomic mass is 127. The van der Waals surface area contributed by atoms with Gasteiger partial charge in [0.15, 0.2) is 5.96 Å². The lowest BCUT2D eigenvalue weighted by atomic mass is 10.1. The molecule has 0 radical (unpaired) electrons. The second-order valence-electron chi connectivity index (χ2n) is 7.04. The van der Waals surface area contributed by atoms with Crippen molar-refractivity contribution in [1.82, 2.24) is 15.5 Å². The first kappa shape index (κ1) is 25.1. The van der Waals surface area contributed by atoms with Crippen molar-refractivity contribution < 1.29 is 9.47 Å². The summed E-state index contributed by atoms with van der Waals surface area (Å²) < 4.78 is 11.2. The fourth-order valence-electron chi connectivity index (χ4n) is 3.41. The zero-order chi connectivity index (χ0) is 19.5. The molecule has 7 heteroatoms. The Morgan fingerprint density at radius 2 is 1.82 bits per heavy atom. The van der Waals surface area contributed by atoms with Gasteiger partial charge in [-0.25, -0.2) is 4.99 Å². The van der Waals surface area contributed by atoms with Gasteiger partial charge in [-0.1, -0.05) is 24.3 Å². The molecule has 160 valence electrons. The van der Waals surface area contributed by atoms with Gasteiger partial charge in [0, 0.05) is 39.3 Å². The number of hydrogen-bond acceptors (Lipinski definition) is 4. The van der Waals surface area contributed by atoms with Crippen molar-refractivity contribution >= 4 is 29.9 Å². The summed E-state index contributed by atoms with van der Waals surface area (Å²) >= 11 is 0. The van der Waals surface area contributed by atoms with E-state index in [0.29, 0.717) is 13.2 Å². The number of benzene rings is 1. The van der Waals surface area contributed by atoms with Gasteiger partial charge in [-0.05, 0) is 38.8 Å². The highest BCUT2D eigenvalue weighted by Crippen LogP contribution is 2.17. The molecule has 1 saturated heterocycles. The van der Waals surface area contributed by atoms with E-state index in [0.717, 1.165) is 45.3 Å². The SMILES string of the molecule is CCNC(=NCc1ccccc1CN1CC(C)OC(C)C1)NCCOCC.I. The van der Waals surface area contributed by atoms with Crippen molar-refractivity contribution in [2.45, 2.75) is 53.0 Å². The number of aliphatic imine (C=N–C) groups is 1. The molecule has 0 bridgehead atoms. The molecule has 1 aromatic carbocycles. The zero-order valence-electron chi connectivity index (χ0n) is 17.7. The van der Waals surface area contributed by atoms with Crippen LogP contribution in [0.15, 0.2) is 29.3 Å². The molecule has 28 heavy (non-hydrogen) atoms. The first-order valence-corrected chi connectivity index (χ1v) is 10.2. The maximum absolute atomic E-state index is 5.85. The van der Waals surface area contributed by atoms with Crippen molar-refractivity contribution in [2.75, 3.05) is 39.4 Å². The Balaban J connectivity index is 0.00000392. The van der Waals surface area contributed by atoms with Crippen LogP contribution in [0.25, 0.3) is 0 Å². The van der Waals surface area contributed by atoms with Gasteiger partial charge >= 0.3 is 0 Å². The Kier molecular flexibility index (Phi) is 12.7. The van der Waals surface area contributed by atoms with Crippen molar-refractivity contribution in [2.24, 2.45) is 4.99 Å². The summed E-state index contributed by atoms with van der Waals surface area (Å²) in [5, 5.41) is 6.62. The molecule has 0 saturated carbocycles. The van der Waals surface area contributed by atoms with Gasteiger partial charge < -0.3 is 20.1 Å². The average molecular weight is 504 g/mol. The van der Waals surface area contributed by atoms with Gasteiger partial charge in [-0.2, -0.15) is 0 Å². The predicted molar refractivity (Wildman–Crippen MR) is 126 cm³/mol. The third-order valence-electron chi connectivity index (χ3n) is 4.50. The molecular weight excluding hydrogens is 467 g/mol. The molecular formula is C21H37IN4O2. The number of hydrogen-bond donors (Lipinski definition) is 2. The van der Waals surface area contributed by atoms with E-state index in [1.54, 1.807) is 0 Å². The highest BCUT2D eigenvalue weighted by molar-refractivity contribution is 14.0. The van der Waals surface area contributed by atoms with Crippen LogP contribution < -0.4 is 10.6 Å². The minimum Gasteiger partial charge on any atom is -0.380 e. The maximum Gasteiger partial charge on any atom is 0.191 e. The van der Waals surface area contributed by atoms with E-state index in [1.807, 2.05) is 6.92 Å². The van der Waals surface area contributed by atoms with Crippen LogP contribution >= 0.6 is 24.0 Å². The molecule has 0 amide bonds. The number of nitrogens with zero attached hydrogens (tertiary/aromatic N) is 2. The van der Waals surface area contributed by atoms with Crippen molar-refractivity contribution in [1.29, 1.82) is 0 Å². The number of nitrogens with one attached hydrogen (secondary N) is 2. The lowest BCUT2D eigenvalue weighted by Crippen LogP contribution is -2.44. The van der Waals surface area contributed by atoms with Crippen LogP contribution in [-0.2, 0) is 22.6 Å². The smallest absolute Gasteiger partial charge is 0.191 e. The molecule has 1 aliphatic rings. The first-order valence-electron chi connectivity index (χ1n) is 10.2. The van der Waals surface area contributed by atoms with E-state index in [9.17, 15) is 0 Å². The van der Waals surface area contributed by atoms with Crippen molar-refractivity contribution in [3.63, 3.8) is 0 Å². The molecule has 2 rings (SSSR count). The van der Waals surface area contributed by atoms with Crippen LogP contribution in [0.2, 0.25) is 0 Å². The molecule has 1 aromatic rings. The van der Waals surface area contributed by atoms with Crippen LogP contribution in [0.4, 0.5) is 0 Å². The van der Waals surface area contributed by atoms with Crippen molar-refractivity contribution in [3.8, 4) is 0 Å². The average Bonchev–Trinajstić information content (AvgIpc) is 2.63. The van der Waals surface area contributed by atoms with Gasteiger partial charge in [-0.3, -0.25) is 4.90 Å². The summed E-state index contributed by atoms with van der Waals surface area (Å²) in [7, 11) is 0. The highest BCUT2D eigenvalue weighted by Gasteiger charge is 2.22. The standard InChI is InChI=1S/C21H36N4O2.HI/c1-5-22-21(23-11-12-26-6-2)24-13-19-9-7-8-10-20(19)16-25-14-17(3)27-18(4)15-25;/h7-10,17-18H,5-6,11-16H2,1-4H3,(H2,22,23,24);1H. The molecule has 2 N–H and O–H groups in total. The normalized spacial score (nSPS) is 20.5. The lowest BCUT2D eigenvalue weighted by molar-refractivity contribution is -0.0705. The number of guanidine groups is 1. The Morgan fingerprint density at radius 1 is 1.14 bits per heavy atom. The Bertz CT molecular complexity index is 575. The van der Waals surface area contributed by atoms with Crippen LogP contribution in [0.5, 0.6) is 0 Å². The molecule has 1 heterocycles. The largest absolute Gasteiger partial charge is 0.380 e. The quantitative estimate of drug-likeness (QED) is 0.235. The topological polar surface area (TPSA) is 58.1 Å². The minimum absolute atomic E-state index is 0. The minimum atomic E-state index is 0. The third kappa shape index (κ3) is 9.07. The Hall–Kier alpha value is -0.900. The summed E-state index contributed by atoms with van der Waals surface area (Å²) in [5.41, 5.74) is 2.61. The monoisotopic (exact) mass is 504 g/mol. The van der Waals surface area contributed by atoms with Gasteiger partial charge in [0.1, 0.15) is 0 Å². The zero-order valence-corrected chi connectivity index (χ0v) is 20.1. The molecule has 1 aliphatic heterocycles. The van der Waals surface area contributed by atoms with Gasteiger partial charge in [0.2, 0.25) is 0 Å². The second kappa shape index (κ2) is 14.1. The summed E-state index contributed by atoms with van der Waals surface area (Å²) in [4.78, 5) is 7.24. The van der Waals surface area contributed by atoms with E-state index in [-0.39, 0.29) is 36.2 Å². The van der Waals surface area contributed by atoms with E-state index < -0.39 is 0 Å². The number of morpholine rings is 1. The van der Waals surface area contributed by atoms with E-state index in [2.05, 4.69) is 60.6 Å². The molecule has 2 atom stereocenters. The maximum atomic E-state index is 5.85. The van der Waals surface area contributed by atoms with E-state index in [4.69, 9.17) is 14.5 Å². The fraction of sp³-hybridized carbons (Fsp3) is 0.667. The summed E-state index contributed by atoms with van der Waals surface area (Å²) in [5.74, 6) is 0.834. The van der Waals surface area contributed by atoms with E-state index >= 15 is 0 Å². The number of rotatable bonds is 9. The van der Waals surface area contributed by atoms with Crippen LogP contribution in [0.1, 0.15) is 38.8 Å². The van der Waals surface area contributed by atoms with Crippen LogP contribution in [0.3, 0.4) is 0 Å². The first-order chi connectivity index (χ1) is 13.1. The van der Waals surface area contributed by atoms with Gasteiger partial charge in [-0.15, -0.1) is 24.0 Å². The fourth-order valence-corrected chi connectivity index (χ4v) is 3.41. The summed E-state index contributed by atoms with van der Waals surface area (Å²) in [6.45, 7) is 15.0. The molecule has 0 spiro atoms. The predicted octanol–water partition coefficient (Wildman–Crippen LogP) is 3.01. The van der Waals surface area contributed by atoms with Crippen LogP contribution in [0, 0.1) is 0 Å². The van der Waals surface area contributed by atoms with Crippen molar-refractivity contribution in [3.05, 3.63) is 35.4 Å². The number of ether oxygens (including phenoxy) is 2. The van der Waals surface area contributed by atoms with Crippen LogP contribution in [-0.4, -0.2) is 62.5 Å². The van der Waals surface area contributed by atoms with Gasteiger partial charge in [0.05, 0.1) is 25.4 Å². The summed E-state index contributed by atoms with van der Waals surface area (Å²) in [6.07, 6.45) is 0.572. The van der Waals surface area contributed by atoms with Gasteiger partial charge in [0.25, 0.3) is 0 Å². The Labute approximate surface area is 187 Å². The molecule has 1 fully saturated rings. The van der Waals surface area contributed by atoms with E-state index in [1.165, 1.54) is 11.1 Å². The second-order valence-corrected chi connectivity index (χ2v) is 7.04. The molecule has 6 nitrogen and oxygen atoms in total.